The maximum atomic E-state index is 13.4. The number of halogens is 2. The van der Waals surface area contributed by atoms with Gasteiger partial charge in [-0.3, -0.25) is 0 Å². The summed E-state index contributed by atoms with van der Waals surface area (Å²) < 4.78 is 32.1. The number of hydrogen-bond donors (Lipinski definition) is 2. The van der Waals surface area contributed by atoms with Crippen molar-refractivity contribution < 1.29 is 13.2 Å². The highest BCUT2D eigenvalue weighted by molar-refractivity contribution is 5.53. The van der Waals surface area contributed by atoms with Gasteiger partial charge in [-0.25, -0.2) is 8.78 Å². The van der Waals surface area contributed by atoms with Crippen LogP contribution in [0.25, 0.3) is 0 Å². The highest BCUT2D eigenvalue weighted by Crippen LogP contribution is 2.23. The van der Waals surface area contributed by atoms with Gasteiger partial charge in [-0.1, -0.05) is 18.1 Å². The van der Waals surface area contributed by atoms with Crippen LogP contribution in [0.4, 0.5) is 20.5 Å². The van der Waals surface area contributed by atoms with Gasteiger partial charge in [0, 0.05) is 0 Å². The third kappa shape index (κ3) is 3.05. The van der Waals surface area contributed by atoms with E-state index < -0.39 is 11.6 Å². The number of rotatable bonds is 5. The maximum absolute atomic E-state index is 13.4. The fraction of sp³-hybridized carbons (Fsp3) is 0.333. The molecule has 2 aromatic rings. The molecule has 1 heterocycles. The first-order valence-corrected chi connectivity index (χ1v) is 5.89. The summed E-state index contributed by atoms with van der Waals surface area (Å²) in [7, 11) is 0. The quantitative estimate of drug-likeness (QED) is 0.873. The monoisotopic (exact) mass is 268 g/mol. The average Bonchev–Trinajstić information content (AvgIpc) is 2.83. The van der Waals surface area contributed by atoms with Crippen LogP contribution < -0.4 is 10.6 Å². The normalized spacial score (nSPS) is 12.4. The number of hydrogen-bond acceptors (Lipinski definition) is 5. The second kappa shape index (κ2) is 5.75. The Morgan fingerprint density at radius 3 is 2.58 bits per heavy atom. The molecule has 1 aromatic carbocycles. The second-order valence-corrected chi connectivity index (χ2v) is 3.95. The Labute approximate surface area is 109 Å². The fourth-order valence-electron chi connectivity index (χ4n) is 1.58. The Kier molecular flexibility index (Phi) is 4.06. The van der Waals surface area contributed by atoms with E-state index in [-0.39, 0.29) is 17.7 Å². The SMILES string of the molecule is CCNC(C)c1nnc(Nc2c(F)cccc2F)o1. The standard InChI is InChI=1S/C12H14F2N4O/c1-3-15-7(2)11-17-18-12(19-11)16-10-8(13)5-4-6-9(10)14/h4-7,15H,3H2,1-2H3,(H,16,18). The van der Waals surface area contributed by atoms with Gasteiger partial charge in [0.2, 0.25) is 5.89 Å². The van der Waals surface area contributed by atoms with Crippen molar-refractivity contribution in [2.45, 2.75) is 19.9 Å². The van der Waals surface area contributed by atoms with Gasteiger partial charge in [0.1, 0.15) is 17.3 Å². The zero-order chi connectivity index (χ0) is 13.8. The highest BCUT2D eigenvalue weighted by Gasteiger charge is 2.15. The molecule has 0 radical (unpaired) electrons. The molecule has 102 valence electrons. The smallest absolute Gasteiger partial charge is 0.320 e. The first-order valence-electron chi connectivity index (χ1n) is 5.89. The third-order valence-corrected chi connectivity index (χ3v) is 2.52. The largest absolute Gasteiger partial charge is 0.406 e. The zero-order valence-corrected chi connectivity index (χ0v) is 10.6. The second-order valence-electron chi connectivity index (χ2n) is 3.95. The highest BCUT2D eigenvalue weighted by atomic mass is 19.1. The summed E-state index contributed by atoms with van der Waals surface area (Å²) in [5.74, 6) is -1.10. The molecule has 5 nitrogen and oxygen atoms in total. The minimum absolute atomic E-state index is 0.0521. The van der Waals surface area contributed by atoms with Gasteiger partial charge >= 0.3 is 6.01 Å². The molecule has 7 heteroatoms. The van der Waals surface area contributed by atoms with Crippen LogP contribution in [0.5, 0.6) is 0 Å². The molecule has 0 spiro atoms. The van der Waals surface area contributed by atoms with Gasteiger partial charge in [-0.2, -0.15) is 0 Å². The summed E-state index contributed by atoms with van der Waals surface area (Å²) in [4.78, 5) is 0. The lowest BCUT2D eigenvalue weighted by Gasteiger charge is -2.06. The molecule has 1 aromatic heterocycles. The van der Waals surface area contributed by atoms with E-state index in [1.54, 1.807) is 0 Å². The fourth-order valence-corrected chi connectivity index (χ4v) is 1.58. The number of nitrogens with one attached hydrogen (secondary N) is 2. The van der Waals surface area contributed by atoms with Crippen molar-refractivity contribution in [3.8, 4) is 0 Å². The summed E-state index contributed by atoms with van der Waals surface area (Å²) >= 11 is 0. The first kappa shape index (κ1) is 13.4. The van der Waals surface area contributed by atoms with Crippen molar-refractivity contribution >= 4 is 11.7 Å². The number of benzene rings is 1. The number of para-hydroxylation sites is 1. The van der Waals surface area contributed by atoms with E-state index in [1.807, 2.05) is 13.8 Å². The van der Waals surface area contributed by atoms with E-state index in [2.05, 4.69) is 20.8 Å². The van der Waals surface area contributed by atoms with Crippen molar-refractivity contribution in [3.63, 3.8) is 0 Å². The van der Waals surface area contributed by atoms with E-state index in [0.29, 0.717) is 5.89 Å². The molecular formula is C12H14F2N4O. The van der Waals surface area contributed by atoms with Crippen molar-refractivity contribution in [1.29, 1.82) is 0 Å². The summed E-state index contributed by atoms with van der Waals surface area (Å²) in [5, 5.41) is 13.0. The van der Waals surface area contributed by atoms with Gasteiger partial charge in [-0.05, 0) is 25.6 Å². The predicted molar refractivity (Wildman–Crippen MR) is 66.0 cm³/mol. The maximum Gasteiger partial charge on any atom is 0.320 e. The minimum atomic E-state index is -0.723. The number of nitrogens with zero attached hydrogens (tertiary/aromatic N) is 2. The van der Waals surface area contributed by atoms with E-state index in [9.17, 15) is 8.78 Å². The van der Waals surface area contributed by atoms with Crippen molar-refractivity contribution in [2.24, 2.45) is 0 Å². The van der Waals surface area contributed by atoms with Gasteiger partial charge in [-0.15, -0.1) is 5.10 Å². The van der Waals surface area contributed by atoms with Gasteiger partial charge in [0.25, 0.3) is 0 Å². The topological polar surface area (TPSA) is 63.0 Å². The Balaban J connectivity index is 2.16. The molecule has 2 N–H and O–H groups in total. The number of aromatic nitrogens is 2. The molecule has 2 rings (SSSR count). The van der Waals surface area contributed by atoms with E-state index >= 15 is 0 Å². The average molecular weight is 268 g/mol. The zero-order valence-electron chi connectivity index (χ0n) is 10.6. The van der Waals surface area contributed by atoms with Crippen LogP contribution in [0, 0.1) is 11.6 Å². The number of anilines is 2. The van der Waals surface area contributed by atoms with Crippen LogP contribution in [0.15, 0.2) is 22.6 Å². The van der Waals surface area contributed by atoms with Crippen molar-refractivity contribution in [2.75, 3.05) is 11.9 Å². The van der Waals surface area contributed by atoms with Crippen LogP contribution >= 0.6 is 0 Å². The van der Waals surface area contributed by atoms with Crippen LogP contribution in [-0.4, -0.2) is 16.7 Å². The van der Waals surface area contributed by atoms with Crippen LogP contribution in [0.3, 0.4) is 0 Å². The molecule has 19 heavy (non-hydrogen) atoms. The third-order valence-electron chi connectivity index (χ3n) is 2.52. The summed E-state index contributed by atoms with van der Waals surface area (Å²) in [6.45, 7) is 4.54. The minimum Gasteiger partial charge on any atom is -0.406 e. The molecule has 0 aliphatic rings. The van der Waals surface area contributed by atoms with Crippen LogP contribution in [0.1, 0.15) is 25.8 Å². The van der Waals surface area contributed by atoms with E-state index in [4.69, 9.17) is 4.42 Å². The molecule has 0 saturated carbocycles. The molecule has 0 amide bonds. The van der Waals surface area contributed by atoms with E-state index in [1.165, 1.54) is 6.07 Å². The van der Waals surface area contributed by atoms with Crippen molar-refractivity contribution in [1.82, 2.24) is 15.5 Å². The summed E-state index contributed by atoms with van der Waals surface area (Å²) in [6.07, 6.45) is 0. The lowest BCUT2D eigenvalue weighted by atomic mass is 10.3. The molecule has 0 aliphatic heterocycles. The van der Waals surface area contributed by atoms with Crippen LogP contribution in [0.2, 0.25) is 0 Å². The first-order chi connectivity index (χ1) is 9.11. The van der Waals surface area contributed by atoms with Gasteiger partial charge in [0.05, 0.1) is 6.04 Å². The Morgan fingerprint density at radius 1 is 1.26 bits per heavy atom. The molecule has 0 aliphatic carbocycles. The molecule has 1 atom stereocenters. The lowest BCUT2D eigenvalue weighted by molar-refractivity contribution is 0.430. The molecule has 0 fully saturated rings. The molecule has 0 bridgehead atoms. The van der Waals surface area contributed by atoms with Crippen LogP contribution in [-0.2, 0) is 0 Å². The molecule has 0 saturated heterocycles. The Hall–Kier alpha value is -2.02. The van der Waals surface area contributed by atoms with Crippen molar-refractivity contribution in [3.05, 3.63) is 35.7 Å². The molecular weight excluding hydrogens is 254 g/mol. The van der Waals surface area contributed by atoms with Gasteiger partial charge in [0.15, 0.2) is 0 Å². The Morgan fingerprint density at radius 2 is 1.95 bits per heavy atom. The van der Waals surface area contributed by atoms with Gasteiger partial charge < -0.3 is 15.1 Å². The summed E-state index contributed by atoms with van der Waals surface area (Å²) in [5.41, 5.74) is -0.311. The van der Waals surface area contributed by atoms with E-state index in [0.717, 1.165) is 18.7 Å². The Bertz CT molecular complexity index is 538. The molecule has 1 unspecified atom stereocenters. The predicted octanol–water partition coefficient (Wildman–Crippen LogP) is 2.76. The summed E-state index contributed by atoms with van der Waals surface area (Å²) in [6, 6.07) is 3.39. The lowest BCUT2D eigenvalue weighted by Crippen LogP contribution is -2.17.